The molecule has 4 rings (SSSR count). The van der Waals surface area contributed by atoms with Gasteiger partial charge in [-0.15, -0.1) is 0 Å². The van der Waals surface area contributed by atoms with E-state index in [1.54, 1.807) is 0 Å². The Kier molecular flexibility index (Phi) is 1.92. The number of hydrogen-bond acceptors (Lipinski definition) is 1. The minimum atomic E-state index is 0.438. The van der Waals surface area contributed by atoms with E-state index in [1.165, 1.54) is 33.3 Å². The van der Waals surface area contributed by atoms with E-state index in [1.807, 2.05) is 13.8 Å². The van der Waals surface area contributed by atoms with Gasteiger partial charge in [-0.3, -0.25) is 0 Å². The second-order valence-corrected chi connectivity index (χ2v) is 5.39. The fraction of sp³-hybridized carbons (Fsp3) is 0.176. The van der Waals surface area contributed by atoms with Crippen molar-refractivity contribution in [2.24, 2.45) is 0 Å². The zero-order valence-electron chi connectivity index (χ0n) is 11.0. The third kappa shape index (κ3) is 1.26. The number of benzene rings is 2. The van der Waals surface area contributed by atoms with E-state index in [4.69, 9.17) is 0 Å². The van der Waals surface area contributed by atoms with Crippen molar-refractivity contribution in [3.8, 4) is 16.9 Å². The van der Waals surface area contributed by atoms with Crippen LogP contribution < -0.4 is 0 Å². The molecule has 0 saturated carbocycles. The summed E-state index contributed by atoms with van der Waals surface area (Å²) >= 11 is 0. The smallest absolute Gasteiger partial charge is 0.121 e. The fourth-order valence-electron chi connectivity index (χ4n) is 3.28. The quantitative estimate of drug-likeness (QED) is 0.484. The lowest BCUT2D eigenvalue weighted by molar-refractivity contribution is 0.466. The monoisotopic (exact) mass is 249 g/mol. The van der Waals surface area contributed by atoms with Gasteiger partial charge in [0.1, 0.15) is 5.75 Å². The first-order chi connectivity index (χ1) is 9.16. The van der Waals surface area contributed by atoms with E-state index in [2.05, 4.69) is 35.3 Å². The predicted octanol–water partition coefficient (Wildman–Crippen LogP) is 4.06. The standard InChI is InChI=1S/C17H15NO/c1-9-7-13-12(10(2)17(9)19)8-15-16(13)11-5-3-4-6-14(11)18-15/h3-7,18-19H,8H2,1-2H3. The van der Waals surface area contributed by atoms with Crippen LogP contribution in [0, 0.1) is 13.8 Å². The molecule has 0 radical (unpaired) electrons. The molecular formula is C17H15NO. The van der Waals surface area contributed by atoms with Gasteiger partial charge in [-0.2, -0.15) is 0 Å². The highest BCUT2D eigenvalue weighted by Crippen LogP contribution is 2.45. The summed E-state index contributed by atoms with van der Waals surface area (Å²) in [5.41, 5.74) is 8.29. The van der Waals surface area contributed by atoms with Crippen LogP contribution in [0.2, 0.25) is 0 Å². The second-order valence-electron chi connectivity index (χ2n) is 5.39. The number of aromatic hydroxyl groups is 1. The van der Waals surface area contributed by atoms with Gasteiger partial charge in [-0.05, 0) is 48.2 Å². The van der Waals surface area contributed by atoms with Crippen molar-refractivity contribution in [3.05, 3.63) is 52.7 Å². The van der Waals surface area contributed by atoms with E-state index in [-0.39, 0.29) is 0 Å². The molecule has 0 atom stereocenters. The van der Waals surface area contributed by atoms with Crippen molar-refractivity contribution >= 4 is 10.9 Å². The molecule has 1 aliphatic rings. The van der Waals surface area contributed by atoms with Crippen LogP contribution in [-0.4, -0.2) is 10.1 Å². The van der Waals surface area contributed by atoms with Crippen molar-refractivity contribution in [3.63, 3.8) is 0 Å². The van der Waals surface area contributed by atoms with Gasteiger partial charge in [-0.1, -0.05) is 18.2 Å². The Balaban J connectivity index is 2.12. The summed E-state index contributed by atoms with van der Waals surface area (Å²) in [6, 6.07) is 10.5. The summed E-state index contributed by atoms with van der Waals surface area (Å²) < 4.78 is 0. The maximum absolute atomic E-state index is 10.1. The van der Waals surface area contributed by atoms with Gasteiger partial charge in [0.15, 0.2) is 0 Å². The van der Waals surface area contributed by atoms with Gasteiger partial charge in [0.05, 0.1) is 0 Å². The summed E-state index contributed by atoms with van der Waals surface area (Å²) in [5, 5.41) is 11.4. The van der Waals surface area contributed by atoms with Gasteiger partial charge < -0.3 is 10.1 Å². The molecule has 2 aromatic carbocycles. The SMILES string of the molecule is Cc1cc2c(c(C)c1O)Cc1[nH]c3ccccc3c1-2. The van der Waals surface area contributed by atoms with Gasteiger partial charge in [-0.25, -0.2) is 0 Å². The van der Waals surface area contributed by atoms with Gasteiger partial charge in [0, 0.05) is 28.6 Å². The van der Waals surface area contributed by atoms with Crippen molar-refractivity contribution in [1.29, 1.82) is 0 Å². The fourth-order valence-corrected chi connectivity index (χ4v) is 3.28. The average Bonchev–Trinajstić information content (AvgIpc) is 2.93. The molecule has 0 saturated heterocycles. The third-order valence-corrected chi connectivity index (χ3v) is 4.27. The Morgan fingerprint density at radius 1 is 1.16 bits per heavy atom. The normalized spacial score (nSPS) is 12.7. The van der Waals surface area contributed by atoms with Crippen LogP contribution in [0.4, 0.5) is 0 Å². The minimum Gasteiger partial charge on any atom is -0.507 e. The van der Waals surface area contributed by atoms with Crippen molar-refractivity contribution in [1.82, 2.24) is 4.98 Å². The molecule has 1 aliphatic carbocycles. The highest BCUT2D eigenvalue weighted by Gasteiger charge is 2.26. The number of hydrogen-bond donors (Lipinski definition) is 2. The lowest BCUT2D eigenvalue weighted by Crippen LogP contribution is -1.91. The molecular weight excluding hydrogens is 234 g/mol. The molecule has 3 aromatic rings. The summed E-state index contributed by atoms with van der Waals surface area (Å²) in [7, 11) is 0. The molecule has 2 nitrogen and oxygen atoms in total. The molecule has 2 heteroatoms. The van der Waals surface area contributed by atoms with Gasteiger partial charge in [0.25, 0.3) is 0 Å². The van der Waals surface area contributed by atoms with Gasteiger partial charge in [0.2, 0.25) is 0 Å². The second kappa shape index (κ2) is 3.41. The number of H-pyrrole nitrogens is 1. The lowest BCUT2D eigenvalue weighted by Gasteiger charge is -2.10. The number of aromatic nitrogens is 1. The largest absolute Gasteiger partial charge is 0.507 e. The number of phenolic OH excluding ortho intramolecular Hbond substituents is 1. The van der Waals surface area contributed by atoms with Crippen LogP contribution in [0.15, 0.2) is 30.3 Å². The highest BCUT2D eigenvalue weighted by molar-refractivity contribution is 6.01. The number of aromatic amines is 1. The number of fused-ring (bicyclic) bond motifs is 5. The predicted molar refractivity (Wildman–Crippen MR) is 77.7 cm³/mol. The number of aryl methyl sites for hydroxylation is 1. The number of nitrogens with one attached hydrogen (secondary N) is 1. The van der Waals surface area contributed by atoms with Crippen LogP contribution in [0.3, 0.4) is 0 Å². The Morgan fingerprint density at radius 3 is 2.79 bits per heavy atom. The number of para-hydroxylation sites is 1. The lowest BCUT2D eigenvalue weighted by atomic mass is 9.96. The third-order valence-electron chi connectivity index (χ3n) is 4.27. The van der Waals surface area contributed by atoms with Crippen LogP contribution in [-0.2, 0) is 6.42 Å². The van der Waals surface area contributed by atoms with Crippen LogP contribution in [0.25, 0.3) is 22.0 Å². The summed E-state index contributed by atoms with van der Waals surface area (Å²) in [5.74, 6) is 0.438. The Morgan fingerprint density at radius 2 is 1.95 bits per heavy atom. The van der Waals surface area contributed by atoms with Crippen molar-refractivity contribution in [2.75, 3.05) is 0 Å². The first-order valence-corrected chi connectivity index (χ1v) is 6.59. The van der Waals surface area contributed by atoms with Crippen LogP contribution in [0.5, 0.6) is 5.75 Å². The Bertz CT molecular complexity index is 827. The molecule has 1 heterocycles. The summed E-state index contributed by atoms with van der Waals surface area (Å²) in [6.45, 7) is 3.98. The maximum atomic E-state index is 10.1. The van der Waals surface area contributed by atoms with Crippen molar-refractivity contribution < 1.29 is 5.11 Å². The first-order valence-electron chi connectivity index (χ1n) is 6.59. The molecule has 19 heavy (non-hydrogen) atoms. The number of rotatable bonds is 0. The van der Waals surface area contributed by atoms with Crippen LogP contribution in [0.1, 0.15) is 22.4 Å². The molecule has 0 aliphatic heterocycles. The molecule has 0 spiro atoms. The molecule has 0 bridgehead atoms. The van der Waals surface area contributed by atoms with Crippen LogP contribution >= 0.6 is 0 Å². The zero-order chi connectivity index (χ0) is 13.1. The van der Waals surface area contributed by atoms with Gasteiger partial charge >= 0.3 is 0 Å². The average molecular weight is 249 g/mol. The topological polar surface area (TPSA) is 36.0 Å². The van der Waals surface area contributed by atoms with E-state index in [0.717, 1.165) is 17.5 Å². The molecule has 94 valence electrons. The zero-order valence-corrected chi connectivity index (χ0v) is 11.0. The van der Waals surface area contributed by atoms with E-state index in [0.29, 0.717) is 5.75 Å². The molecule has 0 amide bonds. The van der Waals surface area contributed by atoms with Crippen molar-refractivity contribution in [2.45, 2.75) is 20.3 Å². The van der Waals surface area contributed by atoms with E-state index >= 15 is 0 Å². The maximum Gasteiger partial charge on any atom is 0.121 e. The molecule has 2 N–H and O–H groups in total. The first kappa shape index (κ1) is 10.7. The molecule has 0 unspecified atom stereocenters. The van der Waals surface area contributed by atoms with E-state index in [9.17, 15) is 5.11 Å². The Hall–Kier alpha value is -2.22. The highest BCUT2D eigenvalue weighted by atomic mass is 16.3. The van der Waals surface area contributed by atoms with E-state index < -0.39 is 0 Å². The summed E-state index contributed by atoms with van der Waals surface area (Å²) in [4.78, 5) is 3.51. The molecule has 0 fully saturated rings. The summed E-state index contributed by atoms with van der Waals surface area (Å²) in [6.07, 6.45) is 0.888. The minimum absolute atomic E-state index is 0.438. The number of phenols is 1. The molecule has 1 aromatic heterocycles. The Labute approximate surface area is 111 Å².